The zero-order valence-corrected chi connectivity index (χ0v) is 16.1. The summed E-state index contributed by atoms with van der Waals surface area (Å²) in [4.78, 5) is 24.9. The maximum Gasteiger partial charge on any atom is 0.248 e. The Bertz CT molecular complexity index is 1060. The summed E-state index contributed by atoms with van der Waals surface area (Å²) in [5.41, 5.74) is 2.36. The monoisotopic (exact) mass is 391 g/mol. The molecule has 0 unspecified atom stereocenters. The van der Waals surface area contributed by atoms with Gasteiger partial charge in [0.05, 0.1) is 11.8 Å². The average molecular weight is 391 g/mol. The van der Waals surface area contributed by atoms with Crippen molar-refractivity contribution in [2.75, 3.05) is 50.1 Å². The number of carbonyl (C=O) groups is 1. The molecule has 0 saturated carbocycles. The number of amides is 1. The number of imidazole rings is 1. The van der Waals surface area contributed by atoms with Gasteiger partial charge in [0.1, 0.15) is 24.1 Å². The van der Waals surface area contributed by atoms with Crippen LogP contribution in [0.3, 0.4) is 0 Å². The van der Waals surface area contributed by atoms with Crippen LogP contribution in [-0.2, 0) is 9.53 Å². The Kier molecular flexibility index (Phi) is 5.27. The Morgan fingerprint density at radius 2 is 2.03 bits per heavy atom. The molecule has 0 radical (unpaired) electrons. The molecule has 0 aliphatic carbocycles. The van der Waals surface area contributed by atoms with Crippen molar-refractivity contribution in [3.05, 3.63) is 48.4 Å². The van der Waals surface area contributed by atoms with Crippen molar-refractivity contribution in [2.24, 2.45) is 0 Å². The molecule has 3 aromatic rings. The number of anilines is 3. The molecule has 0 aromatic carbocycles. The van der Waals surface area contributed by atoms with Crippen molar-refractivity contribution in [1.82, 2.24) is 19.3 Å². The summed E-state index contributed by atoms with van der Waals surface area (Å²) >= 11 is 0. The van der Waals surface area contributed by atoms with E-state index in [-0.39, 0.29) is 12.5 Å². The number of hydrogen-bond donors (Lipinski definition) is 1. The highest BCUT2D eigenvalue weighted by atomic mass is 16.5. The summed E-state index contributed by atoms with van der Waals surface area (Å²) in [7, 11) is 1.53. The summed E-state index contributed by atoms with van der Waals surface area (Å²) in [6.45, 7) is 2.97. The Labute approximate surface area is 168 Å². The van der Waals surface area contributed by atoms with Gasteiger partial charge < -0.3 is 24.3 Å². The molecule has 1 amide bonds. The number of pyridine rings is 2. The molecule has 9 heteroatoms. The van der Waals surface area contributed by atoms with Gasteiger partial charge >= 0.3 is 0 Å². The van der Waals surface area contributed by atoms with Crippen LogP contribution in [0.1, 0.15) is 5.56 Å². The van der Waals surface area contributed by atoms with Crippen LogP contribution in [0, 0.1) is 11.3 Å². The van der Waals surface area contributed by atoms with E-state index in [2.05, 4.69) is 26.3 Å². The minimum Gasteiger partial charge on any atom is -0.375 e. The normalized spacial score (nSPS) is 14.1. The van der Waals surface area contributed by atoms with Crippen molar-refractivity contribution >= 4 is 28.9 Å². The molecule has 9 nitrogen and oxygen atoms in total. The first-order valence-corrected chi connectivity index (χ1v) is 9.30. The average Bonchev–Trinajstić information content (AvgIpc) is 3.15. The lowest BCUT2D eigenvalue weighted by Crippen LogP contribution is -2.49. The summed E-state index contributed by atoms with van der Waals surface area (Å²) in [6.07, 6.45) is 5.32. The SMILES string of the molecule is COCC(=O)N1CCN(c2ccnc(Nc3cn4cc(C#N)ccc4n3)c2)CC1. The fourth-order valence-electron chi connectivity index (χ4n) is 3.36. The predicted octanol–water partition coefficient (Wildman–Crippen LogP) is 1.64. The zero-order chi connectivity index (χ0) is 20.2. The van der Waals surface area contributed by atoms with Crippen molar-refractivity contribution < 1.29 is 9.53 Å². The highest BCUT2D eigenvalue weighted by Gasteiger charge is 2.21. The number of nitrogens with one attached hydrogen (secondary N) is 1. The number of methoxy groups -OCH3 is 1. The molecule has 4 heterocycles. The lowest BCUT2D eigenvalue weighted by atomic mass is 10.2. The lowest BCUT2D eigenvalue weighted by molar-refractivity contribution is -0.135. The molecular formula is C20H21N7O2. The van der Waals surface area contributed by atoms with Gasteiger partial charge in [-0.05, 0) is 18.2 Å². The molecule has 0 spiro atoms. The summed E-state index contributed by atoms with van der Waals surface area (Å²) < 4.78 is 6.74. The zero-order valence-electron chi connectivity index (χ0n) is 16.1. The molecule has 1 fully saturated rings. The molecule has 1 aliphatic heterocycles. The third kappa shape index (κ3) is 4.12. The van der Waals surface area contributed by atoms with Crippen LogP contribution in [0.5, 0.6) is 0 Å². The topological polar surface area (TPSA) is 98.8 Å². The quantitative estimate of drug-likeness (QED) is 0.706. The fourth-order valence-corrected chi connectivity index (χ4v) is 3.36. The van der Waals surface area contributed by atoms with E-state index in [1.165, 1.54) is 7.11 Å². The second-order valence-electron chi connectivity index (χ2n) is 6.75. The molecule has 1 N–H and O–H groups in total. The maximum absolute atomic E-state index is 11.9. The molecule has 29 heavy (non-hydrogen) atoms. The van der Waals surface area contributed by atoms with Crippen molar-refractivity contribution in [3.8, 4) is 6.07 Å². The largest absolute Gasteiger partial charge is 0.375 e. The third-order valence-corrected chi connectivity index (χ3v) is 4.85. The van der Waals surface area contributed by atoms with Crippen LogP contribution < -0.4 is 10.2 Å². The summed E-state index contributed by atoms with van der Waals surface area (Å²) in [5.74, 6) is 1.36. The van der Waals surface area contributed by atoms with E-state index in [9.17, 15) is 4.79 Å². The Hall–Kier alpha value is -3.64. The number of nitriles is 1. The van der Waals surface area contributed by atoms with Crippen molar-refractivity contribution in [2.45, 2.75) is 0 Å². The van der Waals surface area contributed by atoms with E-state index in [4.69, 9.17) is 10.00 Å². The Morgan fingerprint density at radius 1 is 1.21 bits per heavy atom. The van der Waals surface area contributed by atoms with Gasteiger partial charge in [0.15, 0.2) is 5.82 Å². The predicted molar refractivity (Wildman–Crippen MR) is 108 cm³/mol. The van der Waals surface area contributed by atoms with Gasteiger partial charge in [-0.15, -0.1) is 0 Å². The first-order valence-electron chi connectivity index (χ1n) is 9.30. The Morgan fingerprint density at radius 3 is 2.79 bits per heavy atom. The standard InChI is InChI=1S/C20H21N7O2/c1-29-14-20(28)26-8-6-25(7-9-26)16-4-5-22-17(10-16)23-18-13-27-12-15(11-21)2-3-19(27)24-18/h2-5,10,12-13H,6-9,14H2,1H3,(H,22,23). The minimum absolute atomic E-state index is 0.0237. The van der Waals surface area contributed by atoms with Gasteiger partial charge in [-0.2, -0.15) is 5.26 Å². The first kappa shape index (κ1) is 18.7. The van der Waals surface area contributed by atoms with Crippen LogP contribution >= 0.6 is 0 Å². The number of nitrogens with zero attached hydrogens (tertiary/aromatic N) is 6. The van der Waals surface area contributed by atoms with E-state index in [1.54, 1.807) is 28.9 Å². The molecule has 1 aliphatic rings. The highest BCUT2D eigenvalue weighted by Crippen LogP contribution is 2.22. The third-order valence-electron chi connectivity index (χ3n) is 4.85. The second kappa shape index (κ2) is 8.16. The van der Waals surface area contributed by atoms with Gasteiger partial charge in [-0.25, -0.2) is 9.97 Å². The van der Waals surface area contributed by atoms with E-state index in [0.29, 0.717) is 30.3 Å². The summed E-state index contributed by atoms with van der Waals surface area (Å²) in [5, 5.41) is 12.2. The van der Waals surface area contributed by atoms with Crippen LogP contribution in [0.4, 0.5) is 17.3 Å². The van der Waals surface area contributed by atoms with Gasteiger partial charge in [0.2, 0.25) is 5.91 Å². The van der Waals surface area contributed by atoms with E-state index in [0.717, 1.165) is 24.4 Å². The van der Waals surface area contributed by atoms with E-state index in [1.807, 2.05) is 23.2 Å². The van der Waals surface area contributed by atoms with E-state index >= 15 is 0 Å². The molecule has 0 atom stereocenters. The Balaban J connectivity index is 1.44. The number of rotatable bonds is 5. The molecule has 1 saturated heterocycles. The van der Waals surface area contributed by atoms with Crippen LogP contribution in [0.25, 0.3) is 5.65 Å². The second-order valence-corrected chi connectivity index (χ2v) is 6.75. The summed E-state index contributed by atoms with van der Waals surface area (Å²) in [6, 6.07) is 9.59. The minimum atomic E-state index is 0.0237. The van der Waals surface area contributed by atoms with Gasteiger partial charge in [0, 0.05) is 57.4 Å². The van der Waals surface area contributed by atoms with Crippen molar-refractivity contribution in [3.63, 3.8) is 0 Å². The number of hydrogen-bond acceptors (Lipinski definition) is 7. The number of piperazine rings is 1. The number of carbonyl (C=O) groups excluding carboxylic acids is 1. The van der Waals surface area contributed by atoms with Gasteiger partial charge in [-0.1, -0.05) is 0 Å². The highest BCUT2D eigenvalue weighted by molar-refractivity contribution is 5.77. The van der Waals surface area contributed by atoms with E-state index < -0.39 is 0 Å². The number of aromatic nitrogens is 3. The van der Waals surface area contributed by atoms with Crippen LogP contribution in [0.2, 0.25) is 0 Å². The van der Waals surface area contributed by atoms with Gasteiger partial charge in [-0.3, -0.25) is 4.79 Å². The fraction of sp³-hybridized carbons (Fsp3) is 0.300. The molecule has 3 aromatic heterocycles. The van der Waals surface area contributed by atoms with Crippen LogP contribution in [0.15, 0.2) is 42.9 Å². The first-order chi connectivity index (χ1) is 14.2. The maximum atomic E-state index is 11.9. The molecule has 4 rings (SSSR count). The molecule has 0 bridgehead atoms. The molecular weight excluding hydrogens is 370 g/mol. The van der Waals surface area contributed by atoms with Crippen molar-refractivity contribution in [1.29, 1.82) is 5.26 Å². The molecule has 148 valence electrons. The smallest absolute Gasteiger partial charge is 0.248 e. The van der Waals surface area contributed by atoms with Gasteiger partial charge in [0.25, 0.3) is 0 Å². The number of ether oxygens (including phenoxy) is 1. The lowest BCUT2D eigenvalue weighted by Gasteiger charge is -2.36. The number of fused-ring (bicyclic) bond motifs is 1. The van der Waals surface area contributed by atoms with Crippen LogP contribution in [-0.4, -0.2) is 65.1 Å².